The minimum absolute atomic E-state index is 0.222. The third kappa shape index (κ3) is 4.50. The minimum Gasteiger partial charge on any atom is -0.313 e. The second-order valence-electron chi connectivity index (χ2n) is 5.41. The van der Waals surface area contributed by atoms with Crippen molar-refractivity contribution in [2.24, 2.45) is 0 Å². The van der Waals surface area contributed by atoms with Crippen LogP contribution in [0.2, 0.25) is 0 Å². The van der Waals surface area contributed by atoms with Gasteiger partial charge in [0, 0.05) is 32.7 Å². The van der Waals surface area contributed by atoms with Crippen LogP contribution < -0.4 is 5.32 Å². The SMILES string of the molecule is CN(CCN1CCCC1)S(=O)(=O)CCNC1CC1. The van der Waals surface area contributed by atoms with Gasteiger partial charge in [0.1, 0.15) is 0 Å². The highest BCUT2D eigenvalue weighted by molar-refractivity contribution is 7.89. The van der Waals surface area contributed by atoms with E-state index in [1.54, 1.807) is 7.05 Å². The van der Waals surface area contributed by atoms with E-state index < -0.39 is 10.0 Å². The Balaban J connectivity index is 1.65. The van der Waals surface area contributed by atoms with Crippen molar-refractivity contribution in [3.63, 3.8) is 0 Å². The standard InChI is InChI=1S/C12H25N3O2S/c1-14(9-10-15-7-2-3-8-15)18(16,17)11-6-13-12-4-5-12/h12-13H,2-11H2,1H3. The fourth-order valence-corrected chi connectivity index (χ4v) is 3.31. The molecule has 1 heterocycles. The van der Waals surface area contributed by atoms with Gasteiger partial charge in [-0.3, -0.25) is 0 Å². The van der Waals surface area contributed by atoms with Crippen LogP contribution in [-0.2, 0) is 10.0 Å². The topological polar surface area (TPSA) is 52.7 Å². The molecule has 2 fully saturated rings. The maximum absolute atomic E-state index is 12.0. The lowest BCUT2D eigenvalue weighted by Crippen LogP contribution is -2.38. The van der Waals surface area contributed by atoms with Gasteiger partial charge >= 0.3 is 0 Å². The molecular weight excluding hydrogens is 250 g/mol. The summed E-state index contributed by atoms with van der Waals surface area (Å²) in [5, 5.41) is 3.25. The molecule has 1 saturated carbocycles. The molecule has 5 nitrogen and oxygen atoms in total. The number of sulfonamides is 1. The first-order chi connectivity index (χ1) is 8.58. The van der Waals surface area contributed by atoms with Crippen LogP contribution in [0.25, 0.3) is 0 Å². The molecule has 6 heteroatoms. The molecular formula is C12H25N3O2S. The van der Waals surface area contributed by atoms with E-state index in [0.717, 1.165) is 19.6 Å². The van der Waals surface area contributed by atoms with Crippen molar-refractivity contribution in [2.45, 2.75) is 31.7 Å². The summed E-state index contributed by atoms with van der Waals surface area (Å²) in [6.45, 7) is 4.31. The molecule has 0 unspecified atom stereocenters. The molecule has 1 N–H and O–H groups in total. The molecule has 18 heavy (non-hydrogen) atoms. The van der Waals surface area contributed by atoms with Crippen LogP contribution in [0.15, 0.2) is 0 Å². The van der Waals surface area contributed by atoms with E-state index in [-0.39, 0.29) is 5.75 Å². The number of rotatable bonds is 8. The second kappa shape index (κ2) is 6.32. The Bertz CT molecular complexity index is 348. The molecule has 2 rings (SSSR count). The third-order valence-corrected chi connectivity index (χ3v) is 5.63. The van der Waals surface area contributed by atoms with Crippen molar-refractivity contribution < 1.29 is 8.42 Å². The van der Waals surface area contributed by atoms with Gasteiger partial charge in [-0.05, 0) is 38.8 Å². The van der Waals surface area contributed by atoms with Crippen LogP contribution in [0.3, 0.4) is 0 Å². The number of hydrogen-bond acceptors (Lipinski definition) is 4. The molecule has 0 aromatic carbocycles. The van der Waals surface area contributed by atoms with E-state index in [1.807, 2.05) is 0 Å². The van der Waals surface area contributed by atoms with Crippen LogP contribution >= 0.6 is 0 Å². The van der Waals surface area contributed by atoms with Gasteiger partial charge in [0.2, 0.25) is 10.0 Å². The van der Waals surface area contributed by atoms with Gasteiger partial charge in [0.05, 0.1) is 5.75 Å². The summed E-state index contributed by atoms with van der Waals surface area (Å²) in [6.07, 6.45) is 4.90. The van der Waals surface area contributed by atoms with Crippen molar-refractivity contribution >= 4 is 10.0 Å². The fraction of sp³-hybridized carbons (Fsp3) is 1.00. The smallest absolute Gasteiger partial charge is 0.215 e. The first-order valence-electron chi connectivity index (χ1n) is 6.98. The van der Waals surface area contributed by atoms with E-state index in [1.165, 1.54) is 30.0 Å². The van der Waals surface area contributed by atoms with Crippen LogP contribution in [0, 0.1) is 0 Å². The highest BCUT2D eigenvalue weighted by Gasteiger charge is 2.23. The lowest BCUT2D eigenvalue weighted by molar-refractivity contribution is 0.310. The summed E-state index contributed by atoms with van der Waals surface area (Å²) >= 11 is 0. The lowest BCUT2D eigenvalue weighted by Gasteiger charge is -2.21. The molecule has 0 bridgehead atoms. The Hall–Kier alpha value is -0.170. The molecule has 2 aliphatic rings. The van der Waals surface area contributed by atoms with Crippen molar-refractivity contribution in [1.29, 1.82) is 0 Å². The summed E-state index contributed by atoms with van der Waals surface area (Å²) in [5.74, 6) is 0.222. The zero-order chi connectivity index (χ0) is 13.0. The second-order valence-corrected chi connectivity index (χ2v) is 7.61. The molecule has 1 aliphatic carbocycles. The Labute approximate surface area is 111 Å². The van der Waals surface area contributed by atoms with Gasteiger partial charge in [-0.15, -0.1) is 0 Å². The lowest BCUT2D eigenvalue weighted by atomic mass is 10.4. The summed E-state index contributed by atoms with van der Waals surface area (Å²) in [6, 6.07) is 0.579. The molecule has 1 saturated heterocycles. The Morgan fingerprint density at radius 1 is 1.28 bits per heavy atom. The Kier molecular flexibility index (Phi) is 5.00. The van der Waals surface area contributed by atoms with Crippen LogP contribution in [0.1, 0.15) is 25.7 Å². The number of likely N-dealkylation sites (tertiary alicyclic amines) is 1. The largest absolute Gasteiger partial charge is 0.313 e. The molecule has 0 spiro atoms. The number of likely N-dealkylation sites (N-methyl/N-ethyl adjacent to an activating group) is 1. The highest BCUT2D eigenvalue weighted by Crippen LogP contribution is 2.18. The van der Waals surface area contributed by atoms with Crippen molar-refractivity contribution in [2.75, 3.05) is 45.5 Å². The zero-order valence-corrected chi connectivity index (χ0v) is 12.1. The van der Waals surface area contributed by atoms with Crippen molar-refractivity contribution in [1.82, 2.24) is 14.5 Å². The number of hydrogen-bond donors (Lipinski definition) is 1. The summed E-state index contributed by atoms with van der Waals surface area (Å²) in [4.78, 5) is 2.34. The molecule has 0 amide bonds. The monoisotopic (exact) mass is 275 g/mol. The van der Waals surface area contributed by atoms with Gasteiger partial charge in [0.25, 0.3) is 0 Å². The van der Waals surface area contributed by atoms with Gasteiger partial charge in [-0.2, -0.15) is 0 Å². The van der Waals surface area contributed by atoms with E-state index in [4.69, 9.17) is 0 Å². The van der Waals surface area contributed by atoms with E-state index in [0.29, 0.717) is 19.1 Å². The highest BCUT2D eigenvalue weighted by atomic mass is 32.2. The Morgan fingerprint density at radius 2 is 1.94 bits per heavy atom. The Morgan fingerprint density at radius 3 is 2.56 bits per heavy atom. The third-order valence-electron chi connectivity index (χ3n) is 3.78. The average molecular weight is 275 g/mol. The van der Waals surface area contributed by atoms with Crippen LogP contribution in [-0.4, -0.2) is 69.2 Å². The van der Waals surface area contributed by atoms with E-state index in [2.05, 4.69) is 10.2 Å². The minimum atomic E-state index is -3.08. The predicted octanol–water partition coefficient (Wildman–Crippen LogP) is 0.0958. The van der Waals surface area contributed by atoms with Crippen LogP contribution in [0.5, 0.6) is 0 Å². The maximum atomic E-state index is 12.0. The molecule has 0 atom stereocenters. The number of nitrogens with one attached hydrogen (secondary N) is 1. The summed E-state index contributed by atoms with van der Waals surface area (Å²) in [5.41, 5.74) is 0. The molecule has 0 radical (unpaired) electrons. The first-order valence-corrected chi connectivity index (χ1v) is 8.58. The van der Waals surface area contributed by atoms with Gasteiger partial charge in [-0.25, -0.2) is 12.7 Å². The first kappa shape index (κ1) is 14.2. The van der Waals surface area contributed by atoms with Gasteiger partial charge in [-0.1, -0.05) is 0 Å². The molecule has 106 valence electrons. The van der Waals surface area contributed by atoms with Gasteiger partial charge in [0.15, 0.2) is 0 Å². The van der Waals surface area contributed by atoms with Crippen molar-refractivity contribution in [3.8, 4) is 0 Å². The summed E-state index contributed by atoms with van der Waals surface area (Å²) in [7, 11) is -1.38. The normalized spacial score (nSPS) is 21.9. The van der Waals surface area contributed by atoms with E-state index in [9.17, 15) is 8.42 Å². The predicted molar refractivity (Wildman–Crippen MR) is 73.1 cm³/mol. The fourth-order valence-electron chi connectivity index (χ4n) is 2.26. The quantitative estimate of drug-likeness (QED) is 0.682. The molecule has 1 aliphatic heterocycles. The number of nitrogens with zero attached hydrogens (tertiary/aromatic N) is 2. The van der Waals surface area contributed by atoms with Crippen molar-refractivity contribution in [3.05, 3.63) is 0 Å². The van der Waals surface area contributed by atoms with Gasteiger partial charge < -0.3 is 10.2 Å². The zero-order valence-electron chi connectivity index (χ0n) is 11.3. The average Bonchev–Trinajstić information content (AvgIpc) is 3.00. The molecule has 0 aromatic rings. The van der Waals surface area contributed by atoms with E-state index >= 15 is 0 Å². The maximum Gasteiger partial charge on any atom is 0.215 e. The van der Waals surface area contributed by atoms with Crippen LogP contribution in [0.4, 0.5) is 0 Å². The summed E-state index contributed by atoms with van der Waals surface area (Å²) < 4.78 is 25.5. The molecule has 0 aromatic heterocycles.